The SMILES string of the molecule is Cc1ccc(C(O)[C@@H]2O[C@H]3OC(C)(C)O[C@H]3[C@@H]2O)cc1Cl. The average molecular weight is 315 g/mol. The van der Waals surface area contributed by atoms with Gasteiger partial charge >= 0.3 is 0 Å². The van der Waals surface area contributed by atoms with Crippen molar-refractivity contribution in [3.8, 4) is 0 Å². The first-order valence-corrected chi connectivity index (χ1v) is 7.29. The first-order chi connectivity index (χ1) is 9.78. The van der Waals surface area contributed by atoms with Crippen molar-refractivity contribution in [2.24, 2.45) is 0 Å². The topological polar surface area (TPSA) is 68.2 Å². The lowest BCUT2D eigenvalue weighted by molar-refractivity contribution is -0.226. The quantitative estimate of drug-likeness (QED) is 0.873. The van der Waals surface area contributed by atoms with Gasteiger partial charge in [-0.2, -0.15) is 0 Å². The van der Waals surface area contributed by atoms with Crippen molar-refractivity contribution < 1.29 is 24.4 Å². The van der Waals surface area contributed by atoms with Gasteiger partial charge in [-0.05, 0) is 38.0 Å². The van der Waals surface area contributed by atoms with E-state index in [1.54, 1.807) is 26.0 Å². The Hall–Kier alpha value is -0.690. The second-order valence-electron chi connectivity index (χ2n) is 6.01. The van der Waals surface area contributed by atoms with Crippen LogP contribution in [-0.2, 0) is 14.2 Å². The maximum atomic E-state index is 10.4. The fraction of sp³-hybridized carbons (Fsp3) is 0.600. The summed E-state index contributed by atoms with van der Waals surface area (Å²) < 4.78 is 16.8. The van der Waals surface area contributed by atoms with Crippen LogP contribution in [0.3, 0.4) is 0 Å². The van der Waals surface area contributed by atoms with Crippen molar-refractivity contribution in [3.05, 3.63) is 34.3 Å². The van der Waals surface area contributed by atoms with Gasteiger partial charge in [-0.15, -0.1) is 0 Å². The highest BCUT2D eigenvalue weighted by Gasteiger charge is 2.56. The van der Waals surface area contributed by atoms with E-state index >= 15 is 0 Å². The second kappa shape index (κ2) is 5.19. The van der Waals surface area contributed by atoms with Gasteiger partial charge in [0.05, 0.1) is 0 Å². The van der Waals surface area contributed by atoms with Crippen LogP contribution in [0.4, 0.5) is 0 Å². The van der Waals surface area contributed by atoms with E-state index in [4.69, 9.17) is 25.8 Å². The number of rotatable bonds is 2. The van der Waals surface area contributed by atoms with Gasteiger partial charge in [0.1, 0.15) is 24.4 Å². The van der Waals surface area contributed by atoms with Crippen LogP contribution in [0.1, 0.15) is 31.1 Å². The van der Waals surface area contributed by atoms with Crippen LogP contribution in [0.25, 0.3) is 0 Å². The van der Waals surface area contributed by atoms with E-state index in [0.717, 1.165) is 5.56 Å². The number of fused-ring (bicyclic) bond motifs is 1. The van der Waals surface area contributed by atoms with E-state index in [9.17, 15) is 10.2 Å². The monoisotopic (exact) mass is 314 g/mol. The zero-order chi connectivity index (χ0) is 15.4. The summed E-state index contributed by atoms with van der Waals surface area (Å²) in [6, 6.07) is 5.26. The normalized spacial score (nSPS) is 35.7. The van der Waals surface area contributed by atoms with Gasteiger partial charge in [-0.3, -0.25) is 0 Å². The third kappa shape index (κ3) is 2.70. The average Bonchev–Trinajstić information content (AvgIpc) is 2.86. The smallest absolute Gasteiger partial charge is 0.190 e. The van der Waals surface area contributed by atoms with Crippen LogP contribution in [0.15, 0.2) is 18.2 Å². The maximum Gasteiger partial charge on any atom is 0.190 e. The lowest BCUT2D eigenvalue weighted by Gasteiger charge is -2.26. The Balaban J connectivity index is 1.78. The molecule has 116 valence electrons. The Morgan fingerprint density at radius 2 is 2.00 bits per heavy atom. The van der Waals surface area contributed by atoms with E-state index in [-0.39, 0.29) is 0 Å². The molecule has 2 N–H and O–H groups in total. The first-order valence-electron chi connectivity index (χ1n) is 6.92. The number of ether oxygens (including phenoxy) is 3. The minimum atomic E-state index is -1.00. The third-order valence-electron chi connectivity index (χ3n) is 3.90. The van der Waals surface area contributed by atoms with E-state index in [1.165, 1.54) is 0 Å². The van der Waals surface area contributed by atoms with Crippen molar-refractivity contribution >= 4 is 11.6 Å². The molecular formula is C15H19ClO5. The number of hydrogen-bond donors (Lipinski definition) is 2. The molecule has 0 saturated carbocycles. The van der Waals surface area contributed by atoms with E-state index < -0.39 is 36.5 Å². The third-order valence-corrected chi connectivity index (χ3v) is 4.31. The number of aliphatic hydroxyl groups is 2. The summed E-state index contributed by atoms with van der Waals surface area (Å²) in [5.41, 5.74) is 1.51. The van der Waals surface area contributed by atoms with Gasteiger partial charge in [0.15, 0.2) is 12.1 Å². The minimum Gasteiger partial charge on any atom is -0.387 e. The fourth-order valence-corrected chi connectivity index (χ4v) is 2.95. The summed E-state index contributed by atoms with van der Waals surface area (Å²) in [4.78, 5) is 0. The zero-order valence-corrected chi connectivity index (χ0v) is 12.9. The number of aryl methyl sites for hydroxylation is 1. The molecule has 2 aliphatic rings. The lowest BCUT2D eigenvalue weighted by Crippen LogP contribution is -2.37. The Labute approximate surface area is 128 Å². The Kier molecular flexibility index (Phi) is 3.76. The van der Waals surface area contributed by atoms with Crippen molar-refractivity contribution in [1.82, 2.24) is 0 Å². The van der Waals surface area contributed by atoms with Crippen LogP contribution in [0.5, 0.6) is 0 Å². The summed E-state index contributed by atoms with van der Waals surface area (Å²) in [7, 11) is 0. The number of aliphatic hydroxyl groups excluding tert-OH is 2. The van der Waals surface area contributed by atoms with E-state index in [2.05, 4.69) is 0 Å². The Morgan fingerprint density at radius 1 is 1.29 bits per heavy atom. The summed E-state index contributed by atoms with van der Waals surface area (Å²) in [6.07, 6.45) is -4.04. The molecule has 5 atom stereocenters. The van der Waals surface area contributed by atoms with Gasteiger partial charge in [0, 0.05) is 5.02 Å². The predicted molar refractivity (Wildman–Crippen MR) is 75.9 cm³/mol. The van der Waals surface area contributed by atoms with Gasteiger partial charge in [0.2, 0.25) is 0 Å². The molecule has 5 nitrogen and oxygen atoms in total. The molecule has 1 aromatic rings. The largest absolute Gasteiger partial charge is 0.387 e. The van der Waals surface area contributed by atoms with Gasteiger partial charge < -0.3 is 24.4 Å². The fourth-order valence-electron chi connectivity index (χ4n) is 2.76. The van der Waals surface area contributed by atoms with Crippen molar-refractivity contribution in [1.29, 1.82) is 0 Å². The molecule has 1 unspecified atom stereocenters. The minimum absolute atomic E-state index is 0.563. The summed E-state index contributed by atoms with van der Waals surface area (Å²) >= 11 is 6.07. The molecule has 21 heavy (non-hydrogen) atoms. The summed E-state index contributed by atoms with van der Waals surface area (Å²) in [5.74, 6) is -0.792. The van der Waals surface area contributed by atoms with E-state index in [1.807, 2.05) is 13.0 Å². The van der Waals surface area contributed by atoms with Crippen LogP contribution in [0.2, 0.25) is 5.02 Å². The molecular weight excluding hydrogens is 296 g/mol. The molecule has 0 aromatic heterocycles. The number of hydrogen-bond acceptors (Lipinski definition) is 5. The number of halogens is 1. The highest BCUT2D eigenvalue weighted by atomic mass is 35.5. The molecule has 3 rings (SSSR count). The molecule has 0 spiro atoms. The van der Waals surface area contributed by atoms with Crippen LogP contribution in [0, 0.1) is 6.92 Å². The molecule has 0 bridgehead atoms. The highest BCUT2D eigenvalue weighted by Crippen LogP contribution is 2.41. The Morgan fingerprint density at radius 3 is 2.62 bits per heavy atom. The standard InChI is InChI=1S/C15H19ClO5/c1-7-4-5-8(6-9(7)16)10(17)12-11(18)13-14(19-12)21-15(2,3)20-13/h4-6,10-14,17-18H,1-3H3/t10?,11-,12+,13+,14+/m1/s1. The van der Waals surface area contributed by atoms with Crippen molar-refractivity contribution in [2.75, 3.05) is 0 Å². The number of benzene rings is 1. The van der Waals surface area contributed by atoms with Crippen LogP contribution < -0.4 is 0 Å². The molecule has 0 radical (unpaired) electrons. The first kappa shape index (κ1) is 15.2. The molecule has 0 aliphatic carbocycles. The Bertz CT molecular complexity index is 547. The van der Waals surface area contributed by atoms with Gasteiger partial charge in [-0.1, -0.05) is 23.7 Å². The maximum absolute atomic E-state index is 10.4. The van der Waals surface area contributed by atoms with Gasteiger partial charge in [0.25, 0.3) is 0 Å². The second-order valence-corrected chi connectivity index (χ2v) is 6.42. The van der Waals surface area contributed by atoms with E-state index in [0.29, 0.717) is 10.6 Å². The molecule has 2 aliphatic heterocycles. The van der Waals surface area contributed by atoms with Crippen LogP contribution >= 0.6 is 11.6 Å². The highest BCUT2D eigenvalue weighted by molar-refractivity contribution is 6.31. The summed E-state index contributed by atoms with van der Waals surface area (Å²) in [6.45, 7) is 5.40. The van der Waals surface area contributed by atoms with Crippen molar-refractivity contribution in [3.63, 3.8) is 0 Å². The predicted octanol–water partition coefficient (Wildman–Crippen LogP) is 1.92. The molecule has 1 aromatic carbocycles. The molecule has 2 fully saturated rings. The van der Waals surface area contributed by atoms with Crippen LogP contribution in [-0.4, -0.2) is 40.6 Å². The molecule has 6 heteroatoms. The zero-order valence-electron chi connectivity index (χ0n) is 12.1. The lowest BCUT2D eigenvalue weighted by atomic mass is 9.98. The molecule has 2 saturated heterocycles. The molecule has 2 heterocycles. The van der Waals surface area contributed by atoms with Crippen molar-refractivity contribution in [2.45, 2.75) is 57.3 Å². The molecule has 0 amide bonds. The summed E-state index contributed by atoms with van der Waals surface area (Å²) in [5, 5.41) is 21.3. The van der Waals surface area contributed by atoms with Gasteiger partial charge in [-0.25, -0.2) is 0 Å².